The van der Waals surface area contributed by atoms with Crippen LogP contribution in [0.3, 0.4) is 0 Å². The van der Waals surface area contributed by atoms with E-state index in [4.69, 9.17) is 11.0 Å². The highest BCUT2D eigenvalue weighted by molar-refractivity contribution is 8.00. The number of hydrogen-bond acceptors (Lipinski definition) is 4. The fraction of sp³-hybridized carbons (Fsp3) is 0.818. The molecule has 6 heteroatoms. The lowest BCUT2D eigenvalue weighted by Crippen LogP contribution is -2.54. The molecule has 0 radical (unpaired) electrons. The van der Waals surface area contributed by atoms with Crippen molar-refractivity contribution >= 4 is 30.1 Å². The molecule has 2 aliphatic heterocycles. The van der Waals surface area contributed by atoms with E-state index in [0.29, 0.717) is 6.42 Å². The summed E-state index contributed by atoms with van der Waals surface area (Å²) in [4.78, 5) is 14.0. The van der Waals surface area contributed by atoms with E-state index in [1.165, 1.54) is 0 Å². The molecule has 0 bridgehead atoms. The van der Waals surface area contributed by atoms with Gasteiger partial charge < -0.3 is 10.6 Å². The van der Waals surface area contributed by atoms with Crippen LogP contribution in [-0.4, -0.2) is 33.5 Å². The van der Waals surface area contributed by atoms with Crippen LogP contribution < -0.4 is 5.73 Å². The number of hydrogen-bond donors (Lipinski definition) is 1. The van der Waals surface area contributed by atoms with Crippen LogP contribution >= 0.6 is 24.2 Å². The van der Waals surface area contributed by atoms with E-state index >= 15 is 0 Å². The van der Waals surface area contributed by atoms with E-state index in [2.05, 4.69) is 6.07 Å². The molecule has 0 unspecified atom stereocenters. The molecule has 2 N–H and O–H groups in total. The van der Waals surface area contributed by atoms with Crippen molar-refractivity contribution in [2.75, 3.05) is 5.75 Å². The van der Waals surface area contributed by atoms with Crippen LogP contribution in [0, 0.1) is 17.2 Å². The number of nitriles is 1. The van der Waals surface area contributed by atoms with Crippen molar-refractivity contribution in [3.63, 3.8) is 0 Å². The first kappa shape index (κ1) is 14.6. The van der Waals surface area contributed by atoms with Crippen LogP contribution in [0.1, 0.15) is 26.7 Å². The molecule has 2 rings (SSSR count). The van der Waals surface area contributed by atoms with Crippen LogP contribution in [0.4, 0.5) is 0 Å². The van der Waals surface area contributed by atoms with Gasteiger partial charge in [0.2, 0.25) is 5.91 Å². The molecule has 0 aromatic carbocycles. The molecule has 4 nitrogen and oxygen atoms in total. The van der Waals surface area contributed by atoms with E-state index in [-0.39, 0.29) is 35.6 Å². The molecule has 0 spiro atoms. The van der Waals surface area contributed by atoms with Crippen LogP contribution in [0.25, 0.3) is 0 Å². The Bertz CT molecular complexity index is 359. The zero-order valence-corrected chi connectivity index (χ0v) is 11.7. The summed E-state index contributed by atoms with van der Waals surface area (Å²) in [6, 6.07) is 1.91. The van der Waals surface area contributed by atoms with E-state index in [0.717, 1.165) is 12.2 Å². The third-order valence-electron chi connectivity index (χ3n) is 3.88. The van der Waals surface area contributed by atoms with Gasteiger partial charge in [0, 0.05) is 12.2 Å². The molecule has 0 aromatic rings. The molecule has 96 valence electrons. The third-order valence-corrected chi connectivity index (χ3v) is 5.17. The van der Waals surface area contributed by atoms with E-state index in [9.17, 15) is 4.79 Å². The third kappa shape index (κ3) is 2.03. The van der Waals surface area contributed by atoms with Gasteiger partial charge in [-0.2, -0.15) is 5.26 Å². The van der Waals surface area contributed by atoms with Gasteiger partial charge in [-0.3, -0.25) is 4.79 Å². The summed E-state index contributed by atoms with van der Waals surface area (Å²) in [5.41, 5.74) is 5.50. The van der Waals surface area contributed by atoms with Crippen molar-refractivity contribution in [3.8, 4) is 6.07 Å². The Labute approximate surface area is 112 Å². The summed E-state index contributed by atoms with van der Waals surface area (Å²) in [5.74, 6) is 0.873. The SMILES string of the molecule is CC[C@H](C)[C@@]1(N)C[C@@H]2SC[C@@H](C#N)N2C1=O.Cl. The second-order valence-corrected chi connectivity index (χ2v) is 5.91. The number of rotatable bonds is 2. The highest BCUT2D eigenvalue weighted by atomic mass is 35.5. The Morgan fingerprint density at radius 1 is 1.76 bits per heavy atom. The maximum Gasteiger partial charge on any atom is 0.245 e. The van der Waals surface area contributed by atoms with Crippen molar-refractivity contribution in [1.29, 1.82) is 5.26 Å². The molecule has 17 heavy (non-hydrogen) atoms. The van der Waals surface area contributed by atoms with Crippen molar-refractivity contribution < 1.29 is 4.79 Å². The number of nitrogens with two attached hydrogens (primary N) is 1. The second-order valence-electron chi connectivity index (χ2n) is 4.70. The molecular formula is C11H18ClN3OS. The van der Waals surface area contributed by atoms with Crippen molar-refractivity contribution in [2.24, 2.45) is 11.7 Å². The first-order chi connectivity index (χ1) is 7.54. The van der Waals surface area contributed by atoms with E-state index < -0.39 is 5.54 Å². The summed E-state index contributed by atoms with van der Waals surface area (Å²) in [5, 5.41) is 9.12. The molecule has 0 aromatic heterocycles. The Morgan fingerprint density at radius 2 is 2.41 bits per heavy atom. The molecule has 1 amide bonds. The Morgan fingerprint density at radius 3 is 2.94 bits per heavy atom. The maximum atomic E-state index is 12.3. The number of fused-ring (bicyclic) bond motifs is 1. The Balaban J connectivity index is 0.00000144. The molecule has 0 saturated carbocycles. The predicted octanol–water partition coefficient (Wildman–Crippen LogP) is 1.35. The lowest BCUT2D eigenvalue weighted by Gasteiger charge is -2.29. The molecule has 2 aliphatic rings. The van der Waals surface area contributed by atoms with Gasteiger partial charge in [0.1, 0.15) is 11.6 Å². The van der Waals surface area contributed by atoms with Gasteiger partial charge in [0.05, 0.1) is 11.4 Å². The fourth-order valence-electron chi connectivity index (χ4n) is 2.49. The van der Waals surface area contributed by atoms with Crippen LogP contribution in [0.15, 0.2) is 0 Å². The van der Waals surface area contributed by atoms with E-state index in [1.54, 1.807) is 16.7 Å². The van der Waals surface area contributed by atoms with Gasteiger partial charge in [-0.1, -0.05) is 20.3 Å². The number of amides is 1. The quantitative estimate of drug-likeness (QED) is 0.826. The summed E-state index contributed by atoms with van der Waals surface area (Å²) in [7, 11) is 0. The normalized spacial score (nSPS) is 37.3. The van der Waals surface area contributed by atoms with Gasteiger partial charge in [-0.15, -0.1) is 24.2 Å². The topological polar surface area (TPSA) is 70.1 Å². The molecule has 0 aliphatic carbocycles. The lowest BCUT2D eigenvalue weighted by atomic mass is 9.83. The zero-order valence-electron chi connectivity index (χ0n) is 10.0. The molecule has 2 heterocycles. The molecule has 4 atom stereocenters. The highest BCUT2D eigenvalue weighted by Crippen LogP contribution is 2.44. The van der Waals surface area contributed by atoms with Crippen LogP contribution in [-0.2, 0) is 4.79 Å². The van der Waals surface area contributed by atoms with Gasteiger partial charge >= 0.3 is 0 Å². The van der Waals surface area contributed by atoms with Gasteiger partial charge in [-0.05, 0) is 5.92 Å². The summed E-state index contributed by atoms with van der Waals surface area (Å²) >= 11 is 1.68. The minimum atomic E-state index is -0.748. The number of carbonyl (C=O) groups excluding carboxylic acids is 1. The number of carbonyl (C=O) groups is 1. The van der Waals surface area contributed by atoms with Gasteiger partial charge in [-0.25, -0.2) is 0 Å². The zero-order chi connectivity index (χ0) is 11.9. The van der Waals surface area contributed by atoms with E-state index in [1.807, 2.05) is 13.8 Å². The highest BCUT2D eigenvalue weighted by Gasteiger charge is 2.56. The minimum Gasteiger partial charge on any atom is -0.317 e. The van der Waals surface area contributed by atoms with Crippen LogP contribution in [0.5, 0.6) is 0 Å². The Kier molecular flexibility index (Phi) is 4.34. The molecule has 2 saturated heterocycles. The largest absolute Gasteiger partial charge is 0.317 e. The standard InChI is InChI=1S/C11H17N3OS.ClH/c1-3-7(2)11(13)4-9-14(10(11)15)8(5-12)6-16-9;/h7-9H,3-4,6,13H2,1-2H3;1H/t7-,8+,9-,11-;/m0./s1. The monoisotopic (exact) mass is 275 g/mol. The van der Waals surface area contributed by atoms with Crippen LogP contribution in [0.2, 0.25) is 0 Å². The number of nitrogens with zero attached hydrogens (tertiary/aromatic N) is 2. The lowest BCUT2D eigenvalue weighted by molar-refractivity contribution is -0.134. The molecule has 2 fully saturated rings. The summed E-state index contributed by atoms with van der Waals surface area (Å²) < 4.78 is 0. The first-order valence-corrected chi connectivity index (χ1v) is 6.72. The average molecular weight is 276 g/mol. The molecular weight excluding hydrogens is 258 g/mol. The van der Waals surface area contributed by atoms with Crippen molar-refractivity contribution in [3.05, 3.63) is 0 Å². The smallest absolute Gasteiger partial charge is 0.245 e. The number of thioether (sulfide) groups is 1. The first-order valence-electron chi connectivity index (χ1n) is 5.67. The van der Waals surface area contributed by atoms with Gasteiger partial charge in [0.15, 0.2) is 0 Å². The predicted molar refractivity (Wildman–Crippen MR) is 70.7 cm³/mol. The van der Waals surface area contributed by atoms with Gasteiger partial charge in [0.25, 0.3) is 0 Å². The van der Waals surface area contributed by atoms with Crippen molar-refractivity contribution in [2.45, 2.75) is 43.6 Å². The minimum absolute atomic E-state index is 0. The second kappa shape index (κ2) is 5.05. The summed E-state index contributed by atoms with van der Waals surface area (Å²) in [6.45, 7) is 4.07. The summed E-state index contributed by atoms with van der Waals surface area (Å²) in [6.07, 6.45) is 1.58. The maximum absolute atomic E-state index is 12.3. The fourth-order valence-corrected chi connectivity index (χ4v) is 3.92. The Hall–Kier alpha value is -0.440. The van der Waals surface area contributed by atoms with Crippen molar-refractivity contribution in [1.82, 2.24) is 4.90 Å². The number of halogens is 1. The average Bonchev–Trinajstić information content (AvgIpc) is 2.78.